The number of halogens is 1. The van der Waals surface area contributed by atoms with Gasteiger partial charge in [0.25, 0.3) is 0 Å². The van der Waals surface area contributed by atoms with Crippen LogP contribution in [0.2, 0.25) is 0 Å². The third-order valence-electron chi connectivity index (χ3n) is 3.49. The first-order valence-electron chi connectivity index (χ1n) is 8.65. The molecule has 1 heterocycles. The molecule has 144 valence electrons. The highest BCUT2D eigenvalue weighted by molar-refractivity contribution is 5.70. The Balaban J connectivity index is 1.69. The lowest BCUT2D eigenvalue weighted by molar-refractivity contribution is 0.186. The van der Waals surface area contributed by atoms with Gasteiger partial charge in [-0.15, -0.1) is 0 Å². The van der Waals surface area contributed by atoms with Crippen molar-refractivity contribution in [2.75, 3.05) is 0 Å². The summed E-state index contributed by atoms with van der Waals surface area (Å²) in [5.74, 6) is 0.822. The summed E-state index contributed by atoms with van der Waals surface area (Å²) in [5, 5.41) is 2.68. The molecule has 0 atom stereocenters. The summed E-state index contributed by atoms with van der Waals surface area (Å²) in [7, 11) is 0. The molecule has 0 aliphatic rings. The van der Waals surface area contributed by atoms with Gasteiger partial charge in [0.05, 0.1) is 5.69 Å². The zero-order valence-corrected chi connectivity index (χ0v) is 15.8. The van der Waals surface area contributed by atoms with Gasteiger partial charge < -0.3 is 14.8 Å². The van der Waals surface area contributed by atoms with E-state index in [1.807, 2.05) is 32.9 Å². The predicted octanol–water partition coefficient (Wildman–Crippen LogP) is 4.96. The minimum Gasteiger partial charge on any atom is -0.457 e. The van der Waals surface area contributed by atoms with E-state index in [0.717, 1.165) is 5.56 Å². The van der Waals surface area contributed by atoms with Crippen molar-refractivity contribution in [1.82, 2.24) is 15.3 Å². The maximum absolute atomic E-state index is 13.0. The zero-order chi connectivity index (χ0) is 20.1. The lowest BCUT2D eigenvalue weighted by atomic mass is 10.1. The number of aromatic nitrogens is 2. The number of hydrogen-bond donors (Lipinski definition) is 1. The van der Waals surface area contributed by atoms with E-state index in [2.05, 4.69) is 15.3 Å². The van der Waals surface area contributed by atoms with Crippen LogP contribution in [0.4, 0.5) is 9.18 Å². The molecule has 28 heavy (non-hydrogen) atoms. The Morgan fingerprint density at radius 3 is 2.18 bits per heavy atom. The van der Waals surface area contributed by atoms with E-state index in [1.54, 1.807) is 30.3 Å². The average Bonchev–Trinajstić information content (AvgIpc) is 2.63. The lowest BCUT2D eigenvalue weighted by Crippen LogP contribution is -2.42. The smallest absolute Gasteiger partial charge is 0.415 e. The Bertz CT molecular complexity index is 952. The SMILES string of the molecule is CC(C)(C)NC(=O)Oc1nccc(-c2ccc(Oc3ccc(F)cc3)cc2)n1. The van der Waals surface area contributed by atoms with E-state index < -0.39 is 11.6 Å². The quantitative estimate of drug-likeness (QED) is 0.691. The Labute approximate surface area is 162 Å². The molecular formula is C21H20FN3O3. The average molecular weight is 381 g/mol. The van der Waals surface area contributed by atoms with Gasteiger partial charge >= 0.3 is 12.1 Å². The number of rotatable bonds is 4. The number of carbonyl (C=O) groups excluding carboxylic acids is 1. The molecule has 1 aromatic heterocycles. The first-order chi connectivity index (χ1) is 13.3. The number of carbonyl (C=O) groups is 1. The van der Waals surface area contributed by atoms with Gasteiger partial charge in [-0.1, -0.05) is 0 Å². The highest BCUT2D eigenvalue weighted by Gasteiger charge is 2.16. The van der Waals surface area contributed by atoms with Gasteiger partial charge in [-0.05, 0) is 75.4 Å². The van der Waals surface area contributed by atoms with Crippen LogP contribution in [0.5, 0.6) is 17.5 Å². The van der Waals surface area contributed by atoms with Gasteiger partial charge in [0.15, 0.2) is 0 Å². The van der Waals surface area contributed by atoms with E-state index in [-0.39, 0.29) is 11.8 Å². The van der Waals surface area contributed by atoms with Crippen LogP contribution in [0.3, 0.4) is 0 Å². The van der Waals surface area contributed by atoms with E-state index >= 15 is 0 Å². The lowest BCUT2D eigenvalue weighted by Gasteiger charge is -2.19. The highest BCUT2D eigenvalue weighted by atomic mass is 19.1. The van der Waals surface area contributed by atoms with Gasteiger partial charge in [0, 0.05) is 17.3 Å². The van der Waals surface area contributed by atoms with Crippen LogP contribution in [-0.2, 0) is 0 Å². The van der Waals surface area contributed by atoms with E-state index in [4.69, 9.17) is 9.47 Å². The number of benzene rings is 2. The molecule has 0 fully saturated rings. The topological polar surface area (TPSA) is 73.3 Å². The molecule has 0 aliphatic carbocycles. The minimum atomic E-state index is -0.618. The van der Waals surface area contributed by atoms with Crippen LogP contribution < -0.4 is 14.8 Å². The molecule has 0 saturated heterocycles. The Kier molecular flexibility index (Phi) is 5.54. The van der Waals surface area contributed by atoms with Crippen molar-refractivity contribution < 1.29 is 18.7 Å². The van der Waals surface area contributed by atoms with Crippen molar-refractivity contribution in [3.05, 3.63) is 66.6 Å². The van der Waals surface area contributed by atoms with Crippen molar-refractivity contribution in [3.8, 4) is 28.8 Å². The van der Waals surface area contributed by atoms with Crippen molar-refractivity contribution in [2.45, 2.75) is 26.3 Å². The Hall–Kier alpha value is -3.48. The standard InChI is InChI=1S/C21H20FN3O3/c1-21(2,3)25-20(26)28-19-23-13-12-18(24-19)14-4-8-16(9-5-14)27-17-10-6-15(22)7-11-17/h4-13H,1-3H3,(H,25,26). The normalized spacial score (nSPS) is 11.0. The third-order valence-corrected chi connectivity index (χ3v) is 3.49. The monoisotopic (exact) mass is 381 g/mol. The molecular weight excluding hydrogens is 361 g/mol. The number of nitrogens with one attached hydrogen (secondary N) is 1. The Morgan fingerprint density at radius 2 is 1.57 bits per heavy atom. The highest BCUT2D eigenvalue weighted by Crippen LogP contribution is 2.25. The molecule has 3 rings (SSSR count). The van der Waals surface area contributed by atoms with Gasteiger partial charge in [0.2, 0.25) is 0 Å². The third kappa shape index (κ3) is 5.51. The second-order valence-corrected chi connectivity index (χ2v) is 7.07. The molecule has 3 aromatic rings. The summed E-state index contributed by atoms with van der Waals surface area (Å²) in [6.45, 7) is 5.54. The number of nitrogens with zero attached hydrogens (tertiary/aromatic N) is 2. The summed E-state index contributed by atoms with van der Waals surface area (Å²) in [6, 6.07) is 14.6. The molecule has 0 bridgehead atoms. The van der Waals surface area contributed by atoms with Crippen molar-refractivity contribution in [3.63, 3.8) is 0 Å². The molecule has 1 amide bonds. The largest absolute Gasteiger partial charge is 0.457 e. The fourth-order valence-corrected chi connectivity index (χ4v) is 2.30. The second kappa shape index (κ2) is 8.04. The molecule has 0 unspecified atom stereocenters. The van der Waals surface area contributed by atoms with Crippen molar-refractivity contribution in [2.24, 2.45) is 0 Å². The fraction of sp³-hybridized carbons (Fsp3) is 0.190. The van der Waals surface area contributed by atoms with Crippen LogP contribution in [-0.4, -0.2) is 21.6 Å². The molecule has 0 radical (unpaired) electrons. The van der Waals surface area contributed by atoms with E-state index in [0.29, 0.717) is 17.2 Å². The fourth-order valence-electron chi connectivity index (χ4n) is 2.30. The summed E-state index contributed by atoms with van der Waals surface area (Å²) >= 11 is 0. The number of amides is 1. The van der Waals surface area contributed by atoms with Crippen LogP contribution >= 0.6 is 0 Å². The molecule has 6 nitrogen and oxygen atoms in total. The summed E-state index contributed by atoms with van der Waals surface area (Å²) in [6.07, 6.45) is 0.901. The minimum absolute atomic E-state index is 0.0362. The number of ether oxygens (including phenoxy) is 2. The van der Waals surface area contributed by atoms with Crippen LogP contribution in [0, 0.1) is 5.82 Å². The molecule has 2 aromatic carbocycles. The maximum Gasteiger partial charge on any atom is 0.415 e. The summed E-state index contributed by atoms with van der Waals surface area (Å²) in [5.41, 5.74) is 0.978. The van der Waals surface area contributed by atoms with Crippen LogP contribution in [0.25, 0.3) is 11.3 Å². The first-order valence-corrected chi connectivity index (χ1v) is 8.65. The Morgan fingerprint density at radius 1 is 0.964 bits per heavy atom. The van der Waals surface area contributed by atoms with Gasteiger partial charge in [-0.25, -0.2) is 14.2 Å². The zero-order valence-electron chi connectivity index (χ0n) is 15.8. The van der Waals surface area contributed by atoms with Crippen LogP contribution in [0.1, 0.15) is 20.8 Å². The van der Waals surface area contributed by atoms with E-state index in [9.17, 15) is 9.18 Å². The molecule has 0 spiro atoms. The summed E-state index contributed by atoms with van der Waals surface area (Å²) in [4.78, 5) is 20.1. The van der Waals surface area contributed by atoms with Crippen molar-refractivity contribution >= 4 is 6.09 Å². The molecule has 1 N–H and O–H groups in total. The van der Waals surface area contributed by atoms with Gasteiger partial charge in [0.1, 0.15) is 17.3 Å². The molecule has 0 aliphatic heterocycles. The first kappa shape index (κ1) is 19.3. The summed E-state index contributed by atoms with van der Waals surface area (Å²) < 4.78 is 23.8. The second-order valence-electron chi connectivity index (χ2n) is 7.07. The number of hydrogen-bond acceptors (Lipinski definition) is 5. The molecule has 0 saturated carbocycles. The van der Waals surface area contributed by atoms with Gasteiger partial charge in [-0.2, -0.15) is 4.98 Å². The van der Waals surface area contributed by atoms with Crippen LogP contribution in [0.15, 0.2) is 60.8 Å². The molecule has 7 heteroatoms. The van der Waals surface area contributed by atoms with Crippen molar-refractivity contribution in [1.29, 1.82) is 0 Å². The maximum atomic E-state index is 13.0. The predicted molar refractivity (Wildman–Crippen MR) is 103 cm³/mol. The van der Waals surface area contributed by atoms with Gasteiger partial charge in [-0.3, -0.25) is 0 Å². The van der Waals surface area contributed by atoms with E-state index in [1.165, 1.54) is 18.3 Å².